The summed E-state index contributed by atoms with van der Waals surface area (Å²) < 4.78 is 18.6. The van der Waals surface area contributed by atoms with Gasteiger partial charge >= 0.3 is 11.7 Å². The zero-order chi connectivity index (χ0) is 17.7. The highest BCUT2D eigenvalue weighted by atomic mass is 19.1. The normalized spacial score (nSPS) is 20.8. The highest BCUT2D eigenvalue weighted by Gasteiger charge is 2.29. The summed E-state index contributed by atoms with van der Waals surface area (Å²) in [5.41, 5.74) is 0.218. The third-order valence-electron chi connectivity index (χ3n) is 4.75. The summed E-state index contributed by atoms with van der Waals surface area (Å²) in [6.45, 7) is 3.37. The minimum atomic E-state index is -0.803. The first-order valence-electron chi connectivity index (χ1n) is 8.21. The molecule has 1 aliphatic rings. The molecule has 1 aliphatic carbocycles. The minimum Gasteiger partial charge on any atom is -0.469 e. The first kappa shape index (κ1) is 18.3. The Hall–Kier alpha value is -2.02. The molecule has 0 radical (unpaired) electrons. The maximum Gasteiger partial charge on any atom is 0.308 e. The molecule has 1 aromatic rings. The molecule has 0 amide bonds. The fourth-order valence-corrected chi connectivity index (χ4v) is 3.37. The third kappa shape index (κ3) is 4.29. The Balaban J connectivity index is 1.99. The lowest BCUT2D eigenvalue weighted by atomic mass is 9.85. The number of rotatable bonds is 6. The Morgan fingerprint density at radius 2 is 2.04 bits per heavy atom. The van der Waals surface area contributed by atoms with Crippen LogP contribution in [0.3, 0.4) is 0 Å². The van der Waals surface area contributed by atoms with Crippen LogP contribution in [0, 0.1) is 21.8 Å². The van der Waals surface area contributed by atoms with Crippen LogP contribution in [0.1, 0.15) is 38.2 Å². The number of carbonyl (C=O) groups excluding carboxylic acids is 1. The number of halogens is 1. The van der Waals surface area contributed by atoms with E-state index < -0.39 is 16.4 Å². The second-order valence-corrected chi connectivity index (χ2v) is 6.13. The van der Waals surface area contributed by atoms with E-state index >= 15 is 0 Å². The molecule has 0 aliphatic heterocycles. The van der Waals surface area contributed by atoms with Crippen LogP contribution in [-0.2, 0) is 16.1 Å². The highest BCUT2D eigenvalue weighted by molar-refractivity contribution is 5.72. The van der Waals surface area contributed by atoms with Crippen molar-refractivity contribution in [2.24, 2.45) is 5.92 Å². The molecule has 6 nitrogen and oxygen atoms in total. The molecule has 2 rings (SSSR count). The number of nitrogens with zero attached hydrogens (tertiary/aromatic N) is 2. The molecular weight excluding hydrogens is 315 g/mol. The highest BCUT2D eigenvalue weighted by Crippen LogP contribution is 2.29. The summed E-state index contributed by atoms with van der Waals surface area (Å²) in [5.74, 6) is -0.973. The smallest absolute Gasteiger partial charge is 0.308 e. The van der Waals surface area contributed by atoms with E-state index in [1.165, 1.54) is 19.2 Å². The Kier molecular flexibility index (Phi) is 6.25. The molecule has 0 saturated heterocycles. The van der Waals surface area contributed by atoms with Gasteiger partial charge in [-0.2, -0.15) is 4.39 Å². The van der Waals surface area contributed by atoms with Gasteiger partial charge in [0.1, 0.15) is 0 Å². The lowest BCUT2D eigenvalue weighted by Crippen LogP contribution is -2.38. The number of methoxy groups -OCH3 is 1. The monoisotopic (exact) mass is 338 g/mol. The summed E-state index contributed by atoms with van der Waals surface area (Å²) in [6, 6.07) is 4.38. The molecule has 0 atom stereocenters. The van der Waals surface area contributed by atoms with Crippen LogP contribution >= 0.6 is 0 Å². The van der Waals surface area contributed by atoms with Crippen molar-refractivity contribution in [3.05, 3.63) is 39.7 Å². The van der Waals surface area contributed by atoms with Gasteiger partial charge in [0, 0.05) is 18.7 Å². The quantitative estimate of drug-likeness (QED) is 0.452. The van der Waals surface area contributed by atoms with Crippen molar-refractivity contribution >= 4 is 11.7 Å². The van der Waals surface area contributed by atoms with E-state index in [0.717, 1.165) is 37.8 Å². The molecule has 132 valence electrons. The van der Waals surface area contributed by atoms with Crippen molar-refractivity contribution in [3.63, 3.8) is 0 Å². The van der Waals surface area contributed by atoms with E-state index in [9.17, 15) is 19.3 Å². The average Bonchev–Trinajstić information content (AvgIpc) is 2.59. The molecule has 24 heavy (non-hydrogen) atoms. The minimum absolute atomic E-state index is 0.0261. The van der Waals surface area contributed by atoms with E-state index in [4.69, 9.17) is 4.74 Å². The Labute approximate surface area is 140 Å². The van der Waals surface area contributed by atoms with Crippen LogP contribution < -0.4 is 0 Å². The van der Waals surface area contributed by atoms with Crippen LogP contribution in [0.25, 0.3) is 0 Å². The van der Waals surface area contributed by atoms with Crippen molar-refractivity contribution < 1.29 is 18.8 Å². The zero-order valence-electron chi connectivity index (χ0n) is 14.0. The lowest BCUT2D eigenvalue weighted by molar-refractivity contribution is -0.387. The fraction of sp³-hybridized carbons (Fsp3) is 0.588. The summed E-state index contributed by atoms with van der Waals surface area (Å²) in [5, 5.41) is 10.7. The molecule has 1 aromatic carbocycles. The number of hydrogen-bond donors (Lipinski definition) is 0. The van der Waals surface area contributed by atoms with Crippen molar-refractivity contribution in [2.75, 3.05) is 13.7 Å². The molecule has 1 saturated carbocycles. The summed E-state index contributed by atoms with van der Waals surface area (Å²) in [6.07, 6.45) is 3.37. The second-order valence-electron chi connectivity index (χ2n) is 6.13. The van der Waals surface area contributed by atoms with Gasteiger partial charge in [0.2, 0.25) is 5.82 Å². The van der Waals surface area contributed by atoms with Gasteiger partial charge < -0.3 is 4.74 Å². The van der Waals surface area contributed by atoms with Gasteiger partial charge in [-0.25, -0.2) is 0 Å². The Morgan fingerprint density at radius 3 is 2.54 bits per heavy atom. The van der Waals surface area contributed by atoms with Crippen molar-refractivity contribution in [1.82, 2.24) is 4.90 Å². The number of nitro groups is 1. The van der Waals surface area contributed by atoms with Gasteiger partial charge in [0.15, 0.2) is 0 Å². The van der Waals surface area contributed by atoms with E-state index in [-0.39, 0.29) is 11.9 Å². The maximum absolute atomic E-state index is 13.8. The SMILES string of the molecule is CCN(Cc1ccc([N+](=O)[O-])c(F)c1)[C@H]1CC[C@@H](C(=O)OC)CC1. The van der Waals surface area contributed by atoms with Gasteiger partial charge in [0.25, 0.3) is 0 Å². The molecule has 1 fully saturated rings. The van der Waals surface area contributed by atoms with E-state index in [1.54, 1.807) is 6.07 Å². The van der Waals surface area contributed by atoms with Crippen LogP contribution in [0.15, 0.2) is 18.2 Å². The lowest BCUT2D eigenvalue weighted by Gasteiger charge is -2.35. The summed E-state index contributed by atoms with van der Waals surface area (Å²) in [4.78, 5) is 23.8. The largest absolute Gasteiger partial charge is 0.469 e. The number of ether oxygens (including phenoxy) is 1. The van der Waals surface area contributed by atoms with Gasteiger partial charge in [-0.15, -0.1) is 0 Å². The Morgan fingerprint density at radius 1 is 1.38 bits per heavy atom. The van der Waals surface area contributed by atoms with Crippen molar-refractivity contribution in [3.8, 4) is 0 Å². The van der Waals surface area contributed by atoms with Gasteiger partial charge in [-0.1, -0.05) is 13.0 Å². The molecule has 0 N–H and O–H groups in total. The first-order chi connectivity index (χ1) is 11.5. The zero-order valence-corrected chi connectivity index (χ0v) is 14.0. The van der Waals surface area contributed by atoms with Crippen LogP contribution in [0.2, 0.25) is 0 Å². The predicted octanol–water partition coefficient (Wildman–Crippen LogP) is 3.29. The molecular formula is C17H23FN2O4. The maximum atomic E-state index is 13.8. The van der Waals surface area contributed by atoms with E-state index in [2.05, 4.69) is 4.90 Å². The fourth-order valence-electron chi connectivity index (χ4n) is 3.37. The van der Waals surface area contributed by atoms with Crippen molar-refractivity contribution in [1.29, 1.82) is 0 Å². The van der Waals surface area contributed by atoms with Crippen molar-refractivity contribution in [2.45, 2.75) is 45.2 Å². The molecule has 0 bridgehead atoms. The number of benzene rings is 1. The molecule has 0 spiro atoms. The number of hydrogen-bond acceptors (Lipinski definition) is 5. The van der Waals surface area contributed by atoms with Gasteiger partial charge in [0.05, 0.1) is 18.0 Å². The number of esters is 1. The third-order valence-corrected chi connectivity index (χ3v) is 4.75. The summed E-state index contributed by atoms with van der Waals surface area (Å²) in [7, 11) is 1.41. The Bertz CT molecular complexity index is 600. The van der Waals surface area contributed by atoms with Crippen LogP contribution in [-0.4, -0.2) is 35.5 Å². The van der Waals surface area contributed by atoms with Gasteiger partial charge in [-0.05, 0) is 43.9 Å². The molecule has 0 unspecified atom stereocenters. The summed E-state index contributed by atoms with van der Waals surface area (Å²) >= 11 is 0. The van der Waals surface area contributed by atoms with Crippen LogP contribution in [0.5, 0.6) is 0 Å². The molecule has 7 heteroatoms. The number of nitro benzene ring substituents is 1. The van der Waals surface area contributed by atoms with Gasteiger partial charge in [-0.3, -0.25) is 19.8 Å². The predicted molar refractivity (Wildman–Crippen MR) is 86.9 cm³/mol. The molecule has 0 heterocycles. The average molecular weight is 338 g/mol. The van der Waals surface area contributed by atoms with E-state index in [0.29, 0.717) is 12.6 Å². The number of carbonyl (C=O) groups is 1. The van der Waals surface area contributed by atoms with E-state index in [1.807, 2.05) is 6.92 Å². The second kappa shape index (κ2) is 8.19. The first-order valence-corrected chi connectivity index (χ1v) is 8.21. The topological polar surface area (TPSA) is 72.7 Å². The van der Waals surface area contributed by atoms with Crippen LogP contribution in [0.4, 0.5) is 10.1 Å². The molecule has 0 aromatic heterocycles. The standard InChI is InChI=1S/C17H23FN2O4/c1-3-19(14-7-5-13(6-8-14)17(21)24-2)11-12-4-9-16(20(22)23)15(18)10-12/h4,9-10,13-14H,3,5-8,11H2,1-2H3/t13-,14+.